The van der Waals surface area contributed by atoms with Gasteiger partial charge in [-0.25, -0.2) is 0 Å². The van der Waals surface area contributed by atoms with Gasteiger partial charge in [0.25, 0.3) is 5.91 Å². The zero-order chi connectivity index (χ0) is 21.4. The van der Waals surface area contributed by atoms with E-state index in [1.165, 1.54) is 0 Å². The number of nitrogens with zero attached hydrogens (tertiary/aromatic N) is 5. The van der Waals surface area contributed by atoms with Crippen molar-refractivity contribution in [3.05, 3.63) is 64.5 Å². The third-order valence-electron chi connectivity index (χ3n) is 6.40. The van der Waals surface area contributed by atoms with Crippen LogP contribution in [0, 0.1) is 5.92 Å². The van der Waals surface area contributed by atoms with Crippen molar-refractivity contribution in [2.75, 3.05) is 19.6 Å². The number of hydrogen-bond acceptors (Lipinski definition) is 4. The van der Waals surface area contributed by atoms with Crippen molar-refractivity contribution >= 4 is 33.4 Å². The van der Waals surface area contributed by atoms with Crippen LogP contribution in [0.5, 0.6) is 0 Å². The van der Waals surface area contributed by atoms with E-state index in [1.807, 2.05) is 62.9 Å². The number of carbonyl (C=O) groups is 2. The highest BCUT2D eigenvalue weighted by Crippen LogP contribution is 2.34. The van der Waals surface area contributed by atoms with Gasteiger partial charge in [-0.15, -0.1) is 10.2 Å². The lowest BCUT2D eigenvalue weighted by Crippen LogP contribution is -2.44. The summed E-state index contributed by atoms with van der Waals surface area (Å²) in [7, 11) is 0. The van der Waals surface area contributed by atoms with Crippen LogP contribution in [0.4, 0.5) is 0 Å². The molecule has 3 aromatic rings. The van der Waals surface area contributed by atoms with Crippen molar-refractivity contribution < 1.29 is 9.59 Å². The summed E-state index contributed by atoms with van der Waals surface area (Å²) in [5.41, 5.74) is 1.49. The predicted octanol–water partition coefficient (Wildman–Crippen LogP) is 3.71. The average molecular weight is 482 g/mol. The van der Waals surface area contributed by atoms with Crippen molar-refractivity contribution in [1.82, 2.24) is 24.4 Å². The molecule has 0 N–H and O–H groups in total. The number of hydrogen-bond donors (Lipinski definition) is 0. The molecule has 31 heavy (non-hydrogen) atoms. The first kappa shape index (κ1) is 20.2. The van der Waals surface area contributed by atoms with Crippen LogP contribution in [0.1, 0.15) is 47.9 Å². The fourth-order valence-corrected chi connectivity index (χ4v) is 4.99. The molecule has 5 rings (SSSR count). The maximum atomic E-state index is 13.4. The Morgan fingerprint density at radius 1 is 0.935 bits per heavy atom. The standard InChI is InChI=1S/C23H24BrN5O2/c24-18-8-6-16(7-9-18)22(30)27-14-10-17(11-15-27)23(31)28-13-3-4-19(28)21-26-25-20-5-1-2-12-29(20)21/h1-2,5-9,12,17,19H,3-4,10-11,13-15H2. The highest BCUT2D eigenvalue weighted by Gasteiger charge is 2.38. The second-order valence-electron chi connectivity index (χ2n) is 8.25. The minimum absolute atomic E-state index is 0.0346. The fraction of sp³-hybridized carbons (Fsp3) is 0.391. The molecule has 1 atom stereocenters. The molecule has 0 spiro atoms. The number of fused-ring (bicyclic) bond motifs is 1. The van der Waals surface area contributed by atoms with Crippen LogP contribution in [0.3, 0.4) is 0 Å². The lowest BCUT2D eigenvalue weighted by atomic mass is 9.94. The van der Waals surface area contributed by atoms with Crippen LogP contribution >= 0.6 is 15.9 Å². The van der Waals surface area contributed by atoms with Gasteiger partial charge in [-0.1, -0.05) is 22.0 Å². The molecule has 0 saturated carbocycles. The normalized spacial score (nSPS) is 19.8. The zero-order valence-corrected chi connectivity index (χ0v) is 18.7. The smallest absolute Gasteiger partial charge is 0.253 e. The Labute approximate surface area is 189 Å². The minimum Gasteiger partial charge on any atom is -0.339 e. The maximum Gasteiger partial charge on any atom is 0.253 e. The topological polar surface area (TPSA) is 70.8 Å². The van der Waals surface area contributed by atoms with Gasteiger partial charge in [-0.3, -0.25) is 14.0 Å². The SMILES string of the molecule is O=C(c1ccc(Br)cc1)N1CCC(C(=O)N2CCCC2c2nnc3ccccn23)CC1. The lowest BCUT2D eigenvalue weighted by Gasteiger charge is -2.34. The number of likely N-dealkylation sites (tertiary alicyclic amines) is 2. The van der Waals surface area contributed by atoms with Gasteiger partial charge in [0.15, 0.2) is 11.5 Å². The Morgan fingerprint density at radius 3 is 2.48 bits per heavy atom. The van der Waals surface area contributed by atoms with E-state index < -0.39 is 0 Å². The molecule has 2 saturated heterocycles. The van der Waals surface area contributed by atoms with Gasteiger partial charge < -0.3 is 9.80 Å². The molecule has 0 bridgehead atoms. The summed E-state index contributed by atoms with van der Waals surface area (Å²) in [6.07, 6.45) is 5.23. The van der Waals surface area contributed by atoms with Gasteiger partial charge in [-0.05, 0) is 62.1 Å². The van der Waals surface area contributed by atoms with Gasteiger partial charge in [0.05, 0.1) is 6.04 Å². The number of halogens is 1. The third-order valence-corrected chi connectivity index (χ3v) is 6.93. The summed E-state index contributed by atoms with van der Waals surface area (Å²) in [6.45, 7) is 1.97. The second-order valence-corrected chi connectivity index (χ2v) is 9.17. The number of carbonyl (C=O) groups excluding carboxylic acids is 2. The minimum atomic E-state index is -0.0475. The molecular weight excluding hydrogens is 458 g/mol. The Bertz CT molecular complexity index is 1100. The van der Waals surface area contributed by atoms with Crippen molar-refractivity contribution in [1.29, 1.82) is 0 Å². The first-order valence-corrected chi connectivity index (χ1v) is 11.6. The first-order chi connectivity index (χ1) is 15.1. The molecule has 2 aliphatic heterocycles. The Hall–Kier alpha value is -2.74. The fourth-order valence-electron chi connectivity index (χ4n) is 4.73. The predicted molar refractivity (Wildman–Crippen MR) is 119 cm³/mol. The van der Waals surface area contributed by atoms with Crippen molar-refractivity contribution in [3.63, 3.8) is 0 Å². The van der Waals surface area contributed by atoms with Crippen LogP contribution < -0.4 is 0 Å². The van der Waals surface area contributed by atoms with Crippen molar-refractivity contribution in [2.45, 2.75) is 31.7 Å². The van der Waals surface area contributed by atoms with E-state index in [0.717, 1.165) is 35.3 Å². The molecule has 0 aliphatic carbocycles. The van der Waals surface area contributed by atoms with Crippen LogP contribution in [0.15, 0.2) is 53.1 Å². The van der Waals surface area contributed by atoms with Gasteiger partial charge in [0.1, 0.15) is 0 Å². The quantitative estimate of drug-likeness (QED) is 0.571. The summed E-state index contributed by atoms with van der Waals surface area (Å²) in [5, 5.41) is 8.65. The van der Waals surface area contributed by atoms with E-state index in [9.17, 15) is 9.59 Å². The number of piperidine rings is 1. The summed E-state index contributed by atoms with van der Waals surface area (Å²) < 4.78 is 2.93. The average Bonchev–Trinajstić information content (AvgIpc) is 3.45. The summed E-state index contributed by atoms with van der Waals surface area (Å²) in [6, 6.07) is 13.2. The first-order valence-electron chi connectivity index (χ1n) is 10.8. The van der Waals surface area contributed by atoms with Crippen LogP contribution in [0.2, 0.25) is 0 Å². The van der Waals surface area contributed by atoms with Crippen molar-refractivity contribution in [3.8, 4) is 0 Å². The number of amides is 2. The van der Waals surface area contributed by atoms with Crippen LogP contribution in [-0.4, -0.2) is 55.8 Å². The van der Waals surface area contributed by atoms with E-state index in [2.05, 4.69) is 26.1 Å². The molecule has 4 heterocycles. The van der Waals surface area contributed by atoms with Crippen molar-refractivity contribution in [2.24, 2.45) is 5.92 Å². The molecule has 2 amide bonds. The second kappa shape index (κ2) is 8.42. The molecule has 1 aromatic carbocycles. The Balaban J connectivity index is 1.25. The zero-order valence-electron chi connectivity index (χ0n) is 17.2. The van der Waals surface area contributed by atoms with E-state index in [4.69, 9.17) is 0 Å². The monoisotopic (exact) mass is 481 g/mol. The Kier molecular flexibility index (Phi) is 5.48. The highest BCUT2D eigenvalue weighted by molar-refractivity contribution is 9.10. The molecule has 1 unspecified atom stereocenters. The highest BCUT2D eigenvalue weighted by atomic mass is 79.9. The number of aromatic nitrogens is 3. The molecule has 2 aliphatic rings. The van der Waals surface area contributed by atoms with Gasteiger partial charge in [-0.2, -0.15) is 0 Å². The molecular formula is C23H24BrN5O2. The number of rotatable bonds is 3. The van der Waals surface area contributed by atoms with Gasteiger partial charge in [0.2, 0.25) is 5.91 Å². The summed E-state index contributed by atoms with van der Waals surface area (Å²) in [4.78, 5) is 30.0. The summed E-state index contributed by atoms with van der Waals surface area (Å²) >= 11 is 3.40. The molecule has 8 heteroatoms. The molecule has 2 fully saturated rings. The molecule has 160 valence electrons. The number of benzene rings is 1. The maximum absolute atomic E-state index is 13.4. The Morgan fingerprint density at radius 2 is 1.71 bits per heavy atom. The summed E-state index contributed by atoms with van der Waals surface area (Å²) in [5.74, 6) is 1.01. The van der Waals surface area contributed by atoms with E-state index in [-0.39, 0.29) is 23.8 Å². The number of pyridine rings is 1. The lowest BCUT2D eigenvalue weighted by molar-refractivity contribution is -0.138. The van der Waals surface area contributed by atoms with Gasteiger partial charge in [0, 0.05) is 41.8 Å². The molecule has 0 radical (unpaired) electrons. The third kappa shape index (κ3) is 3.84. The van der Waals surface area contributed by atoms with E-state index in [1.54, 1.807) is 0 Å². The largest absolute Gasteiger partial charge is 0.339 e. The molecule has 2 aromatic heterocycles. The van der Waals surface area contributed by atoms with E-state index >= 15 is 0 Å². The van der Waals surface area contributed by atoms with Crippen LogP contribution in [-0.2, 0) is 4.79 Å². The van der Waals surface area contributed by atoms with Gasteiger partial charge >= 0.3 is 0 Å². The van der Waals surface area contributed by atoms with Crippen LogP contribution in [0.25, 0.3) is 5.65 Å². The van der Waals surface area contributed by atoms with E-state index in [0.29, 0.717) is 31.5 Å². The molecule has 7 nitrogen and oxygen atoms in total.